The lowest BCUT2D eigenvalue weighted by Crippen LogP contribution is -2.44. The summed E-state index contributed by atoms with van der Waals surface area (Å²) in [6.45, 7) is 30.9. The van der Waals surface area contributed by atoms with Crippen LogP contribution in [0.5, 0.6) is 0 Å². The molecule has 0 aromatic heterocycles. The van der Waals surface area contributed by atoms with Crippen molar-refractivity contribution in [3.05, 3.63) is 0 Å². The molecule has 3 heterocycles. The molecule has 0 aliphatic carbocycles. The summed E-state index contributed by atoms with van der Waals surface area (Å²) in [7, 11) is 0. The number of nitrogens with one attached hydrogen (secondary N) is 3. The second-order valence-corrected chi connectivity index (χ2v) is 12.5. The minimum atomic E-state index is 0.575. The molecule has 3 fully saturated rings. The lowest BCUT2D eigenvalue weighted by molar-refractivity contribution is 0.0845. The highest BCUT2D eigenvalue weighted by Gasteiger charge is 2.36. The van der Waals surface area contributed by atoms with Crippen LogP contribution in [0.2, 0.25) is 0 Å². The maximum atomic E-state index is 3.44. The molecule has 0 spiro atoms. The first-order valence-electron chi connectivity index (χ1n) is 13.6. The van der Waals surface area contributed by atoms with Crippen LogP contribution in [0.25, 0.3) is 0 Å². The molecule has 4 atom stereocenters. The molecule has 3 aliphatic heterocycles. The number of hydrogen-bond donors (Lipinski definition) is 3. The van der Waals surface area contributed by atoms with Gasteiger partial charge in [0.15, 0.2) is 0 Å². The largest absolute Gasteiger partial charge is 0.317 e. The second-order valence-electron chi connectivity index (χ2n) is 12.5. The topological polar surface area (TPSA) is 36.1 Å². The average Bonchev–Trinajstić information content (AvgIpc) is 2.72. The van der Waals surface area contributed by atoms with E-state index in [1.807, 2.05) is 0 Å². The number of hydrogen-bond acceptors (Lipinski definition) is 3. The molecule has 4 unspecified atom stereocenters. The van der Waals surface area contributed by atoms with E-state index in [1.54, 1.807) is 0 Å². The number of rotatable bonds is 3. The van der Waals surface area contributed by atoms with Crippen molar-refractivity contribution >= 4 is 0 Å². The lowest BCUT2D eigenvalue weighted by Gasteiger charge is -2.43. The van der Waals surface area contributed by atoms with E-state index >= 15 is 0 Å². The predicted octanol–water partition coefficient (Wildman–Crippen LogP) is 6.20. The van der Waals surface area contributed by atoms with Crippen LogP contribution in [0, 0.1) is 46.3 Å². The maximum Gasteiger partial charge on any atom is -0.00178 e. The van der Waals surface area contributed by atoms with Crippen LogP contribution in [-0.4, -0.2) is 39.3 Å². The van der Waals surface area contributed by atoms with Gasteiger partial charge in [0.1, 0.15) is 0 Å². The van der Waals surface area contributed by atoms with E-state index in [1.165, 1.54) is 65.0 Å². The van der Waals surface area contributed by atoms with Crippen LogP contribution in [0.1, 0.15) is 94.9 Å². The molecule has 0 amide bonds. The highest BCUT2D eigenvalue weighted by molar-refractivity contribution is 4.88. The molecule has 3 rings (SSSR count). The van der Waals surface area contributed by atoms with Crippen molar-refractivity contribution in [2.24, 2.45) is 46.3 Å². The van der Waals surface area contributed by atoms with E-state index in [2.05, 4.69) is 85.2 Å². The average molecular weight is 438 g/mol. The Morgan fingerprint density at radius 1 is 0.677 bits per heavy atom. The van der Waals surface area contributed by atoms with E-state index in [-0.39, 0.29) is 0 Å². The zero-order valence-electron chi connectivity index (χ0n) is 23.0. The summed E-state index contributed by atoms with van der Waals surface area (Å²) in [5.41, 5.74) is 1.19. The summed E-state index contributed by atoms with van der Waals surface area (Å²) in [6, 6.07) is 0. The normalized spacial score (nSPS) is 33.4. The van der Waals surface area contributed by atoms with Gasteiger partial charge in [0.25, 0.3) is 0 Å². The van der Waals surface area contributed by atoms with E-state index in [9.17, 15) is 0 Å². The molecule has 0 radical (unpaired) electrons. The van der Waals surface area contributed by atoms with Crippen molar-refractivity contribution in [2.45, 2.75) is 94.9 Å². The molecule has 3 nitrogen and oxygen atoms in total. The summed E-state index contributed by atoms with van der Waals surface area (Å²) >= 11 is 0. The molecule has 0 aromatic carbocycles. The van der Waals surface area contributed by atoms with Crippen molar-refractivity contribution in [3.8, 4) is 0 Å². The molecular weight excluding hydrogens is 378 g/mol. The van der Waals surface area contributed by atoms with Crippen LogP contribution in [0.15, 0.2) is 0 Å². The van der Waals surface area contributed by atoms with E-state index in [0.717, 1.165) is 35.5 Å². The molecule has 3 heteroatoms. The Morgan fingerprint density at radius 3 is 1.58 bits per heavy atom. The molecule has 3 aliphatic rings. The van der Waals surface area contributed by atoms with Crippen molar-refractivity contribution in [1.29, 1.82) is 0 Å². The van der Waals surface area contributed by atoms with Gasteiger partial charge in [-0.3, -0.25) is 0 Å². The summed E-state index contributed by atoms with van der Waals surface area (Å²) < 4.78 is 0. The van der Waals surface area contributed by atoms with Gasteiger partial charge in [0.05, 0.1) is 0 Å². The van der Waals surface area contributed by atoms with E-state index in [0.29, 0.717) is 10.8 Å². The van der Waals surface area contributed by atoms with Gasteiger partial charge < -0.3 is 16.0 Å². The van der Waals surface area contributed by atoms with Crippen LogP contribution < -0.4 is 16.0 Å². The molecule has 3 saturated heterocycles. The molecular formula is C28H59N3. The Labute approximate surface area is 196 Å². The fourth-order valence-electron chi connectivity index (χ4n) is 5.61. The van der Waals surface area contributed by atoms with Crippen LogP contribution in [0.3, 0.4) is 0 Å². The van der Waals surface area contributed by atoms with Crippen molar-refractivity contribution in [2.75, 3.05) is 39.3 Å². The number of piperidine rings is 3. The first-order chi connectivity index (χ1) is 14.4. The molecule has 31 heavy (non-hydrogen) atoms. The first kappa shape index (κ1) is 28.9. The molecule has 0 saturated carbocycles. The lowest BCUT2D eigenvalue weighted by atomic mass is 9.66. The standard InChI is InChI=1S/C10H21N.2C9H19N/c1-8(2)10(4)5-6-11-7-9(10)3;1-8(2)9(3)4-6-10-7-5-9;1-7(2)9-4-5-10-6-8(9)3/h8-9,11H,5-7H2,1-4H3;8,10H,4-7H2,1-3H3;7-10H,4-6H2,1-3H3. The summed E-state index contributed by atoms with van der Waals surface area (Å²) in [4.78, 5) is 0. The fraction of sp³-hybridized carbons (Fsp3) is 1.00. The molecule has 186 valence electrons. The molecule has 3 N–H and O–H groups in total. The quantitative estimate of drug-likeness (QED) is 0.492. The van der Waals surface area contributed by atoms with Gasteiger partial charge in [-0.25, -0.2) is 0 Å². The SMILES string of the molecule is CC(C)C1(C)CCNCC1.CC(C)C1(C)CCNCC1C.CC(C)C1CCNCC1C. The summed E-state index contributed by atoms with van der Waals surface area (Å²) in [5.74, 6) is 5.21. The zero-order chi connectivity index (χ0) is 23.7. The Kier molecular flexibility index (Phi) is 12.6. The molecule has 0 bridgehead atoms. The zero-order valence-corrected chi connectivity index (χ0v) is 23.0. The van der Waals surface area contributed by atoms with Crippen molar-refractivity contribution < 1.29 is 0 Å². The van der Waals surface area contributed by atoms with Crippen molar-refractivity contribution in [3.63, 3.8) is 0 Å². The third-order valence-corrected chi connectivity index (χ3v) is 9.58. The first-order valence-corrected chi connectivity index (χ1v) is 13.6. The second kappa shape index (κ2) is 13.6. The summed E-state index contributed by atoms with van der Waals surface area (Å²) in [5, 5.41) is 10.3. The maximum absolute atomic E-state index is 3.44. The van der Waals surface area contributed by atoms with Gasteiger partial charge in [0, 0.05) is 0 Å². The highest BCUT2D eigenvalue weighted by Crippen LogP contribution is 2.40. The Morgan fingerprint density at radius 2 is 1.23 bits per heavy atom. The van der Waals surface area contributed by atoms with Gasteiger partial charge >= 0.3 is 0 Å². The Balaban J connectivity index is 0.000000233. The summed E-state index contributed by atoms with van der Waals surface area (Å²) in [6.07, 6.45) is 5.42. The van der Waals surface area contributed by atoms with E-state index in [4.69, 9.17) is 0 Å². The van der Waals surface area contributed by atoms with Crippen LogP contribution in [-0.2, 0) is 0 Å². The third kappa shape index (κ3) is 8.97. The van der Waals surface area contributed by atoms with Crippen LogP contribution >= 0.6 is 0 Å². The Bertz CT molecular complexity index is 467. The monoisotopic (exact) mass is 437 g/mol. The van der Waals surface area contributed by atoms with Gasteiger partial charge in [-0.2, -0.15) is 0 Å². The van der Waals surface area contributed by atoms with Gasteiger partial charge in [-0.1, -0.05) is 69.2 Å². The van der Waals surface area contributed by atoms with Crippen LogP contribution in [0.4, 0.5) is 0 Å². The van der Waals surface area contributed by atoms with Gasteiger partial charge in [-0.15, -0.1) is 0 Å². The molecule has 0 aromatic rings. The predicted molar refractivity (Wildman–Crippen MR) is 140 cm³/mol. The third-order valence-electron chi connectivity index (χ3n) is 9.58. The smallest absolute Gasteiger partial charge is 0.00178 e. The highest BCUT2D eigenvalue weighted by atomic mass is 14.9. The van der Waals surface area contributed by atoms with Crippen molar-refractivity contribution in [1.82, 2.24) is 16.0 Å². The van der Waals surface area contributed by atoms with Gasteiger partial charge in [0.2, 0.25) is 0 Å². The van der Waals surface area contributed by atoms with Gasteiger partial charge in [-0.05, 0) is 111 Å². The Hall–Kier alpha value is -0.120. The fourth-order valence-corrected chi connectivity index (χ4v) is 5.61. The minimum Gasteiger partial charge on any atom is -0.317 e. The minimum absolute atomic E-state index is 0.575. The van der Waals surface area contributed by atoms with E-state index < -0.39 is 0 Å².